The minimum absolute atomic E-state index is 0.741. The highest BCUT2D eigenvalue weighted by Crippen LogP contribution is 2.40. The molecule has 18 heavy (non-hydrogen) atoms. The van der Waals surface area contributed by atoms with Crippen LogP contribution in [0, 0.1) is 0 Å². The van der Waals surface area contributed by atoms with Crippen molar-refractivity contribution in [1.29, 1.82) is 0 Å². The van der Waals surface area contributed by atoms with Crippen molar-refractivity contribution in [2.24, 2.45) is 0 Å². The predicted molar refractivity (Wildman–Crippen MR) is 83.1 cm³/mol. The average Bonchev–Trinajstić information content (AvgIpc) is 3.02. The fourth-order valence-electron chi connectivity index (χ4n) is 1.79. The van der Waals surface area contributed by atoms with E-state index in [1.54, 1.807) is 22.7 Å². The first-order valence-corrected chi connectivity index (χ1v) is 7.84. The molecule has 1 aromatic carbocycles. The molecule has 4 heteroatoms. The van der Waals surface area contributed by atoms with Crippen LogP contribution in [0.25, 0.3) is 20.9 Å². The summed E-state index contributed by atoms with van der Waals surface area (Å²) in [5.41, 5.74) is 1.99. The van der Waals surface area contributed by atoms with Gasteiger partial charge >= 0.3 is 0 Å². The van der Waals surface area contributed by atoms with E-state index < -0.39 is 0 Å². The molecule has 2 aromatic heterocycles. The molecule has 0 aliphatic carbocycles. The lowest BCUT2D eigenvalue weighted by molar-refractivity contribution is 1.68. The largest absolute Gasteiger partial charge is 0.144 e. The van der Waals surface area contributed by atoms with Gasteiger partial charge < -0.3 is 0 Å². The smallest absolute Gasteiger partial charge is 0.0500 e. The van der Waals surface area contributed by atoms with Crippen LogP contribution in [-0.2, 0) is 0 Å². The Morgan fingerprint density at radius 2 is 1.17 bits per heavy atom. The topological polar surface area (TPSA) is 0 Å². The van der Waals surface area contributed by atoms with E-state index in [1.165, 1.54) is 0 Å². The van der Waals surface area contributed by atoms with E-state index in [0.717, 1.165) is 30.9 Å². The van der Waals surface area contributed by atoms with Gasteiger partial charge in [0, 0.05) is 30.9 Å². The van der Waals surface area contributed by atoms with Gasteiger partial charge in [-0.2, -0.15) is 0 Å². The van der Waals surface area contributed by atoms with Crippen molar-refractivity contribution in [3.63, 3.8) is 0 Å². The summed E-state index contributed by atoms with van der Waals surface area (Å²) in [7, 11) is 0. The monoisotopic (exact) mass is 310 g/mol. The Morgan fingerprint density at radius 3 is 1.50 bits per heavy atom. The van der Waals surface area contributed by atoms with Gasteiger partial charge in [-0.3, -0.25) is 0 Å². The second-order valence-corrected chi connectivity index (χ2v) is 6.48. The van der Waals surface area contributed by atoms with Crippen LogP contribution in [-0.4, -0.2) is 0 Å². The molecule has 0 nitrogen and oxygen atoms in total. The van der Waals surface area contributed by atoms with Gasteiger partial charge in [0.2, 0.25) is 0 Å². The summed E-state index contributed by atoms with van der Waals surface area (Å²) in [4.78, 5) is 2.28. The zero-order valence-corrected chi connectivity index (χ0v) is 12.3. The normalized spacial score (nSPS) is 10.8. The highest BCUT2D eigenvalue weighted by atomic mass is 35.5. The van der Waals surface area contributed by atoms with E-state index in [4.69, 9.17) is 23.2 Å². The SMILES string of the molecule is Clc1cc(-c2cccs2)c(Cl)cc1-c1cccs1. The Bertz CT molecular complexity index is 595. The van der Waals surface area contributed by atoms with Gasteiger partial charge in [-0.15, -0.1) is 22.7 Å². The minimum Gasteiger partial charge on any atom is -0.144 e. The van der Waals surface area contributed by atoms with Gasteiger partial charge in [0.05, 0.1) is 0 Å². The van der Waals surface area contributed by atoms with Gasteiger partial charge in [0.25, 0.3) is 0 Å². The maximum absolute atomic E-state index is 6.36. The van der Waals surface area contributed by atoms with Gasteiger partial charge in [-0.25, -0.2) is 0 Å². The first kappa shape index (κ1) is 12.2. The summed E-state index contributed by atoms with van der Waals surface area (Å²) in [6.45, 7) is 0. The molecule has 0 atom stereocenters. The maximum Gasteiger partial charge on any atom is 0.0500 e. The zero-order chi connectivity index (χ0) is 12.5. The van der Waals surface area contributed by atoms with Gasteiger partial charge in [-0.1, -0.05) is 35.3 Å². The molecular weight excluding hydrogens is 303 g/mol. The lowest BCUT2D eigenvalue weighted by Crippen LogP contribution is -1.81. The third kappa shape index (κ3) is 2.21. The molecule has 3 rings (SSSR count). The quantitative estimate of drug-likeness (QED) is 0.510. The van der Waals surface area contributed by atoms with E-state index in [1.807, 2.05) is 47.2 Å². The Balaban J connectivity index is 2.15. The van der Waals surface area contributed by atoms with Crippen LogP contribution < -0.4 is 0 Å². The van der Waals surface area contributed by atoms with Crippen molar-refractivity contribution in [3.05, 3.63) is 57.2 Å². The molecule has 0 aliphatic heterocycles. The second-order valence-electron chi connectivity index (χ2n) is 3.77. The van der Waals surface area contributed by atoms with Gasteiger partial charge in [0.15, 0.2) is 0 Å². The molecule has 0 amide bonds. The van der Waals surface area contributed by atoms with Crippen LogP contribution in [0.5, 0.6) is 0 Å². The second kappa shape index (κ2) is 5.06. The van der Waals surface area contributed by atoms with Crippen LogP contribution in [0.2, 0.25) is 10.0 Å². The number of rotatable bonds is 2. The fourth-order valence-corrected chi connectivity index (χ4v) is 3.94. The van der Waals surface area contributed by atoms with Crippen molar-refractivity contribution in [3.8, 4) is 20.9 Å². The zero-order valence-electron chi connectivity index (χ0n) is 9.19. The molecule has 3 aromatic rings. The van der Waals surface area contributed by atoms with E-state index in [9.17, 15) is 0 Å². The van der Waals surface area contributed by atoms with Crippen molar-refractivity contribution >= 4 is 45.9 Å². The van der Waals surface area contributed by atoms with Crippen molar-refractivity contribution in [2.45, 2.75) is 0 Å². The summed E-state index contributed by atoms with van der Waals surface area (Å²) >= 11 is 16.0. The van der Waals surface area contributed by atoms with Gasteiger partial charge in [0.1, 0.15) is 0 Å². The highest BCUT2D eigenvalue weighted by molar-refractivity contribution is 7.14. The van der Waals surface area contributed by atoms with Crippen molar-refractivity contribution in [1.82, 2.24) is 0 Å². The molecule has 90 valence electrons. The number of hydrogen-bond acceptors (Lipinski definition) is 2. The molecule has 0 fully saturated rings. The average molecular weight is 311 g/mol. The van der Waals surface area contributed by atoms with E-state index in [2.05, 4.69) is 0 Å². The molecule has 0 bridgehead atoms. The highest BCUT2D eigenvalue weighted by Gasteiger charge is 2.11. The molecule has 0 saturated heterocycles. The van der Waals surface area contributed by atoms with Crippen LogP contribution in [0.3, 0.4) is 0 Å². The Morgan fingerprint density at radius 1 is 0.722 bits per heavy atom. The molecule has 0 spiro atoms. The van der Waals surface area contributed by atoms with Crippen LogP contribution in [0.15, 0.2) is 47.2 Å². The maximum atomic E-state index is 6.36. The Labute approximate surface area is 123 Å². The molecule has 2 heterocycles. The summed E-state index contributed by atoms with van der Waals surface area (Å²) in [5, 5.41) is 5.55. The molecule has 0 unspecified atom stereocenters. The summed E-state index contributed by atoms with van der Waals surface area (Å²) < 4.78 is 0. The van der Waals surface area contributed by atoms with Crippen LogP contribution >= 0.6 is 45.9 Å². The molecular formula is C14H8Cl2S2. The van der Waals surface area contributed by atoms with Crippen LogP contribution in [0.1, 0.15) is 0 Å². The summed E-state index contributed by atoms with van der Waals surface area (Å²) in [5.74, 6) is 0. The summed E-state index contributed by atoms with van der Waals surface area (Å²) in [6, 6.07) is 12.0. The van der Waals surface area contributed by atoms with Crippen molar-refractivity contribution in [2.75, 3.05) is 0 Å². The minimum atomic E-state index is 0.741. The van der Waals surface area contributed by atoms with E-state index in [-0.39, 0.29) is 0 Å². The number of hydrogen-bond donors (Lipinski definition) is 0. The predicted octanol–water partition coefficient (Wildman–Crippen LogP) is 6.45. The lowest BCUT2D eigenvalue weighted by Gasteiger charge is -2.07. The third-order valence-electron chi connectivity index (χ3n) is 2.63. The first-order valence-electron chi connectivity index (χ1n) is 5.32. The number of benzene rings is 1. The Hall–Kier alpha value is -0.800. The van der Waals surface area contributed by atoms with Gasteiger partial charge in [-0.05, 0) is 35.0 Å². The van der Waals surface area contributed by atoms with E-state index >= 15 is 0 Å². The first-order chi connectivity index (χ1) is 8.75. The van der Waals surface area contributed by atoms with Crippen LogP contribution in [0.4, 0.5) is 0 Å². The molecule has 0 N–H and O–H groups in total. The number of halogens is 2. The van der Waals surface area contributed by atoms with E-state index in [0.29, 0.717) is 0 Å². The fraction of sp³-hybridized carbons (Fsp3) is 0. The standard InChI is InChI=1S/C14H8Cl2S2/c15-11-8-10(14-4-2-6-18-14)12(16)7-9(11)13-3-1-5-17-13/h1-8H. The lowest BCUT2D eigenvalue weighted by atomic mass is 10.1. The number of thiophene rings is 2. The molecule has 0 radical (unpaired) electrons. The van der Waals surface area contributed by atoms with Crippen molar-refractivity contribution < 1.29 is 0 Å². The molecule has 0 saturated carbocycles. The summed E-state index contributed by atoms with van der Waals surface area (Å²) in [6.07, 6.45) is 0. The third-order valence-corrected chi connectivity index (χ3v) is 5.06. The Kier molecular flexibility index (Phi) is 3.44. The molecule has 0 aliphatic rings.